The standard InChI is InChI=1S/C10H10ClIN6O/c1-19-10-16-8(15-9(17-10)18-13)14-7-3-2-5(11)4-6(7)12/h2-4H,13H2,1H3,(H2,14,15,16,17,18). The van der Waals surface area contributed by atoms with Crippen molar-refractivity contribution in [3.63, 3.8) is 0 Å². The van der Waals surface area contributed by atoms with Crippen LogP contribution in [0.1, 0.15) is 0 Å². The fraction of sp³-hybridized carbons (Fsp3) is 0.100. The maximum absolute atomic E-state index is 5.89. The van der Waals surface area contributed by atoms with E-state index >= 15 is 0 Å². The van der Waals surface area contributed by atoms with Gasteiger partial charge in [0, 0.05) is 8.59 Å². The Bertz CT molecular complexity index is 574. The highest BCUT2D eigenvalue weighted by atomic mass is 127. The second-order valence-corrected chi connectivity index (χ2v) is 4.96. The molecule has 0 unspecified atom stereocenters. The van der Waals surface area contributed by atoms with Crippen LogP contribution in [-0.2, 0) is 0 Å². The van der Waals surface area contributed by atoms with Gasteiger partial charge in [0.1, 0.15) is 0 Å². The minimum atomic E-state index is 0.162. The number of nitrogens with zero attached hydrogens (tertiary/aromatic N) is 3. The van der Waals surface area contributed by atoms with Gasteiger partial charge < -0.3 is 10.1 Å². The Morgan fingerprint density at radius 1 is 1.26 bits per heavy atom. The highest BCUT2D eigenvalue weighted by Gasteiger charge is 2.08. The third-order valence-corrected chi connectivity index (χ3v) is 3.23. The predicted octanol–water partition coefficient (Wildman–Crippen LogP) is 2.17. The van der Waals surface area contributed by atoms with Gasteiger partial charge in [0.15, 0.2) is 0 Å². The summed E-state index contributed by atoms with van der Waals surface area (Å²) in [7, 11) is 1.46. The van der Waals surface area contributed by atoms with Crippen molar-refractivity contribution in [1.29, 1.82) is 0 Å². The van der Waals surface area contributed by atoms with Gasteiger partial charge in [0.25, 0.3) is 0 Å². The second kappa shape index (κ2) is 6.17. The zero-order chi connectivity index (χ0) is 13.8. The SMILES string of the molecule is COc1nc(NN)nc(Nc2ccc(Cl)cc2I)n1. The van der Waals surface area contributed by atoms with Gasteiger partial charge in [-0.15, -0.1) is 0 Å². The van der Waals surface area contributed by atoms with Crippen LogP contribution in [0.25, 0.3) is 0 Å². The lowest BCUT2D eigenvalue weighted by Gasteiger charge is -2.09. The summed E-state index contributed by atoms with van der Waals surface area (Å²) in [6.45, 7) is 0. The summed E-state index contributed by atoms with van der Waals surface area (Å²) in [5.74, 6) is 5.81. The molecule has 19 heavy (non-hydrogen) atoms. The number of ether oxygens (including phenoxy) is 1. The molecule has 0 radical (unpaired) electrons. The van der Waals surface area contributed by atoms with Crippen LogP contribution >= 0.6 is 34.2 Å². The Balaban J connectivity index is 2.31. The quantitative estimate of drug-likeness (QED) is 0.417. The van der Waals surface area contributed by atoms with Crippen LogP contribution in [0.15, 0.2) is 18.2 Å². The number of aromatic nitrogens is 3. The Morgan fingerprint density at radius 2 is 2.00 bits per heavy atom. The van der Waals surface area contributed by atoms with Crippen molar-refractivity contribution in [1.82, 2.24) is 15.0 Å². The van der Waals surface area contributed by atoms with E-state index < -0.39 is 0 Å². The molecule has 1 heterocycles. The monoisotopic (exact) mass is 392 g/mol. The van der Waals surface area contributed by atoms with E-state index in [0.29, 0.717) is 11.0 Å². The zero-order valence-corrected chi connectivity index (χ0v) is 12.7. The van der Waals surface area contributed by atoms with Gasteiger partial charge in [-0.25, -0.2) is 5.84 Å². The van der Waals surface area contributed by atoms with Gasteiger partial charge in [-0.2, -0.15) is 15.0 Å². The summed E-state index contributed by atoms with van der Waals surface area (Å²) in [5, 5.41) is 3.70. The van der Waals surface area contributed by atoms with Crippen LogP contribution in [0.4, 0.5) is 17.6 Å². The number of hydrogen-bond donors (Lipinski definition) is 3. The molecule has 0 aliphatic rings. The zero-order valence-electron chi connectivity index (χ0n) is 9.82. The Morgan fingerprint density at radius 3 is 2.63 bits per heavy atom. The third-order valence-electron chi connectivity index (χ3n) is 2.10. The van der Waals surface area contributed by atoms with E-state index in [0.717, 1.165) is 9.26 Å². The minimum Gasteiger partial charge on any atom is -0.467 e. The number of nitrogens with two attached hydrogens (primary N) is 1. The molecular formula is C10H10ClIN6O. The summed E-state index contributed by atoms with van der Waals surface area (Å²) in [5.41, 5.74) is 3.17. The Labute approximate surface area is 128 Å². The van der Waals surface area contributed by atoms with Crippen LogP contribution in [-0.4, -0.2) is 22.1 Å². The number of halogens is 2. The van der Waals surface area contributed by atoms with Gasteiger partial charge in [-0.3, -0.25) is 5.43 Å². The summed E-state index contributed by atoms with van der Waals surface area (Å²) in [6, 6.07) is 5.59. The number of nitrogens with one attached hydrogen (secondary N) is 2. The number of benzene rings is 1. The highest BCUT2D eigenvalue weighted by molar-refractivity contribution is 14.1. The first-order chi connectivity index (χ1) is 9.12. The van der Waals surface area contributed by atoms with E-state index in [1.54, 1.807) is 6.07 Å². The largest absolute Gasteiger partial charge is 0.467 e. The molecule has 4 N–H and O–H groups in total. The maximum Gasteiger partial charge on any atom is 0.322 e. The number of hydrogen-bond acceptors (Lipinski definition) is 7. The molecule has 2 aromatic rings. The van der Waals surface area contributed by atoms with Crippen molar-refractivity contribution in [2.75, 3.05) is 17.9 Å². The van der Waals surface area contributed by atoms with Gasteiger partial charge in [-0.1, -0.05) is 11.6 Å². The van der Waals surface area contributed by atoms with Crippen molar-refractivity contribution in [2.24, 2.45) is 5.84 Å². The van der Waals surface area contributed by atoms with Crippen LogP contribution in [0.2, 0.25) is 5.02 Å². The van der Waals surface area contributed by atoms with Gasteiger partial charge in [0.2, 0.25) is 11.9 Å². The van der Waals surface area contributed by atoms with E-state index in [-0.39, 0.29) is 12.0 Å². The molecule has 0 fully saturated rings. The van der Waals surface area contributed by atoms with Gasteiger partial charge in [-0.05, 0) is 40.8 Å². The molecule has 0 amide bonds. The first kappa shape index (κ1) is 14.0. The molecule has 100 valence electrons. The van der Waals surface area contributed by atoms with Crippen molar-refractivity contribution < 1.29 is 4.74 Å². The number of hydrazine groups is 1. The first-order valence-electron chi connectivity index (χ1n) is 5.11. The average molecular weight is 393 g/mol. The van der Waals surface area contributed by atoms with Crippen LogP contribution in [0, 0.1) is 3.57 Å². The van der Waals surface area contributed by atoms with Gasteiger partial charge >= 0.3 is 6.01 Å². The van der Waals surface area contributed by atoms with Gasteiger partial charge in [0.05, 0.1) is 12.8 Å². The third kappa shape index (κ3) is 3.55. The number of rotatable bonds is 4. The second-order valence-electron chi connectivity index (χ2n) is 3.36. The van der Waals surface area contributed by atoms with E-state index in [9.17, 15) is 0 Å². The normalized spacial score (nSPS) is 10.1. The fourth-order valence-corrected chi connectivity index (χ4v) is 2.29. The van der Waals surface area contributed by atoms with Crippen molar-refractivity contribution in [3.8, 4) is 6.01 Å². The average Bonchev–Trinajstić information content (AvgIpc) is 2.41. The Kier molecular flexibility index (Phi) is 4.56. The molecule has 0 aliphatic heterocycles. The van der Waals surface area contributed by atoms with Crippen LogP contribution in [0.5, 0.6) is 6.01 Å². The van der Waals surface area contributed by atoms with Crippen LogP contribution in [0.3, 0.4) is 0 Å². The van der Waals surface area contributed by atoms with Crippen molar-refractivity contribution in [2.45, 2.75) is 0 Å². The van der Waals surface area contributed by atoms with Crippen LogP contribution < -0.4 is 21.3 Å². The highest BCUT2D eigenvalue weighted by Crippen LogP contribution is 2.25. The molecule has 0 saturated heterocycles. The fourth-order valence-electron chi connectivity index (χ4n) is 1.28. The molecule has 2 rings (SSSR count). The molecule has 0 bridgehead atoms. The van der Waals surface area contributed by atoms with E-state index in [4.69, 9.17) is 22.2 Å². The topological polar surface area (TPSA) is 98.0 Å². The van der Waals surface area contributed by atoms with E-state index in [1.165, 1.54) is 7.11 Å². The summed E-state index contributed by atoms with van der Waals surface area (Å²) in [6.07, 6.45) is 0. The smallest absolute Gasteiger partial charge is 0.322 e. The first-order valence-corrected chi connectivity index (χ1v) is 6.57. The molecule has 1 aromatic heterocycles. The molecule has 0 spiro atoms. The van der Waals surface area contributed by atoms with E-state index in [1.807, 2.05) is 12.1 Å². The number of nitrogen functional groups attached to an aromatic ring is 1. The minimum absolute atomic E-state index is 0.162. The summed E-state index contributed by atoms with van der Waals surface area (Å²) < 4.78 is 5.90. The summed E-state index contributed by atoms with van der Waals surface area (Å²) >= 11 is 8.05. The molecule has 0 aliphatic carbocycles. The predicted molar refractivity (Wildman–Crippen MR) is 81.6 cm³/mol. The van der Waals surface area contributed by atoms with E-state index in [2.05, 4.69) is 48.3 Å². The van der Waals surface area contributed by atoms with Crippen molar-refractivity contribution in [3.05, 3.63) is 26.8 Å². The van der Waals surface area contributed by atoms with Crippen molar-refractivity contribution >= 4 is 51.8 Å². The number of methoxy groups -OCH3 is 1. The molecular weight excluding hydrogens is 383 g/mol. The summed E-state index contributed by atoms with van der Waals surface area (Å²) in [4.78, 5) is 12.0. The lowest BCUT2D eigenvalue weighted by Crippen LogP contribution is -2.13. The molecule has 0 atom stereocenters. The molecule has 9 heteroatoms. The maximum atomic E-state index is 5.89. The lowest BCUT2D eigenvalue weighted by molar-refractivity contribution is 0.379. The molecule has 0 saturated carbocycles. The Hall–Kier alpha value is -1.39. The number of anilines is 3. The molecule has 7 nitrogen and oxygen atoms in total. The lowest BCUT2D eigenvalue weighted by atomic mass is 10.3. The molecule has 1 aromatic carbocycles.